The quantitative estimate of drug-likeness (QED) is 0.0861. The molecule has 0 spiro atoms. The Balaban J connectivity index is 1.08. The van der Waals surface area contributed by atoms with Gasteiger partial charge < -0.3 is 38.1 Å². The zero-order chi connectivity index (χ0) is 41.5. The molecule has 0 saturated carbocycles. The lowest BCUT2D eigenvalue weighted by molar-refractivity contribution is 0.0777. The van der Waals surface area contributed by atoms with E-state index < -0.39 is 0 Å². The molecule has 0 aliphatic carbocycles. The molecule has 59 heavy (non-hydrogen) atoms. The molecule has 2 fully saturated rings. The number of aromatic nitrogens is 2. The molecule has 5 aromatic rings. The van der Waals surface area contributed by atoms with Crippen molar-refractivity contribution in [3.8, 4) is 28.7 Å². The van der Waals surface area contributed by atoms with Crippen molar-refractivity contribution in [3.05, 3.63) is 107 Å². The number of piperidine rings is 1. The van der Waals surface area contributed by atoms with Crippen LogP contribution in [0.2, 0.25) is 0 Å². The van der Waals surface area contributed by atoms with Crippen molar-refractivity contribution in [2.75, 3.05) is 66.8 Å². The lowest BCUT2D eigenvalue weighted by Gasteiger charge is -2.36. The third-order valence-electron chi connectivity index (χ3n) is 11.8. The smallest absolute Gasteiger partial charge is 0.254 e. The number of nitrogens with zero attached hydrogens (tertiary/aromatic N) is 4. The minimum Gasteiger partial charge on any atom is -0.493 e. The molecule has 11 nitrogen and oxygen atoms in total. The molecule has 312 valence electrons. The number of ether oxygens (including phenoxy) is 5. The predicted molar refractivity (Wildman–Crippen MR) is 225 cm³/mol. The van der Waals surface area contributed by atoms with Crippen LogP contribution in [-0.2, 0) is 12.0 Å². The summed E-state index contributed by atoms with van der Waals surface area (Å²) in [6.07, 6.45) is 3.00. The number of Topliss-reactive ketones (excluding diaryl/α,β-unsaturated/α-hetero) is 1. The van der Waals surface area contributed by atoms with Gasteiger partial charge in [0.25, 0.3) is 5.91 Å². The fraction of sp³-hybridized carbons (Fsp3) is 0.426. The largest absolute Gasteiger partial charge is 0.493 e. The van der Waals surface area contributed by atoms with E-state index in [9.17, 15) is 14.0 Å². The van der Waals surface area contributed by atoms with Crippen LogP contribution < -0.4 is 23.7 Å². The monoisotopic (exact) mass is 806 g/mol. The van der Waals surface area contributed by atoms with E-state index in [0.29, 0.717) is 92.4 Å². The van der Waals surface area contributed by atoms with Crippen LogP contribution in [0.15, 0.2) is 78.9 Å². The zero-order valence-corrected chi connectivity index (χ0v) is 34.8. The number of hydrogen-bond acceptors (Lipinski definition) is 9. The topological polar surface area (TPSA) is 105 Å². The molecule has 0 bridgehead atoms. The Morgan fingerprint density at radius 3 is 2.14 bits per heavy atom. The number of imidazole rings is 1. The second kappa shape index (κ2) is 18.5. The van der Waals surface area contributed by atoms with Crippen LogP contribution in [0, 0.1) is 11.7 Å². The third kappa shape index (κ3) is 8.88. The molecular formula is C47H55FN4O7. The molecular weight excluding hydrogens is 752 g/mol. The van der Waals surface area contributed by atoms with Crippen molar-refractivity contribution in [2.24, 2.45) is 5.92 Å². The Morgan fingerprint density at radius 2 is 1.47 bits per heavy atom. The van der Waals surface area contributed by atoms with E-state index in [1.165, 1.54) is 12.1 Å². The highest BCUT2D eigenvalue weighted by Crippen LogP contribution is 2.44. The summed E-state index contributed by atoms with van der Waals surface area (Å²) >= 11 is 0. The van der Waals surface area contributed by atoms with E-state index in [2.05, 4.69) is 11.0 Å². The minimum atomic E-state index is -0.357. The number of halogens is 1. The number of amides is 1. The van der Waals surface area contributed by atoms with E-state index >= 15 is 0 Å². The Bertz CT molecular complexity index is 2220. The lowest BCUT2D eigenvalue weighted by atomic mass is 9.76. The van der Waals surface area contributed by atoms with Gasteiger partial charge in [-0.05, 0) is 126 Å². The summed E-state index contributed by atoms with van der Waals surface area (Å²) in [4.78, 5) is 37.7. The van der Waals surface area contributed by atoms with E-state index in [1.807, 2.05) is 66.6 Å². The number of likely N-dealkylation sites (tertiary alicyclic amines) is 2. The molecule has 2 aliphatic heterocycles. The number of rotatable bonds is 17. The second-order valence-electron chi connectivity index (χ2n) is 15.3. The molecule has 1 atom stereocenters. The summed E-state index contributed by atoms with van der Waals surface area (Å²) in [5.41, 5.74) is 3.78. The van der Waals surface area contributed by atoms with Crippen LogP contribution in [0.4, 0.5) is 4.39 Å². The summed E-state index contributed by atoms with van der Waals surface area (Å²) in [6.45, 7) is 10.8. The van der Waals surface area contributed by atoms with Crippen molar-refractivity contribution in [2.45, 2.75) is 58.4 Å². The predicted octanol–water partition coefficient (Wildman–Crippen LogP) is 8.21. The van der Waals surface area contributed by atoms with Crippen molar-refractivity contribution in [3.63, 3.8) is 0 Å². The van der Waals surface area contributed by atoms with Crippen molar-refractivity contribution < 1.29 is 37.7 Å². The normalized spacial score (nSPS) is 17.3. The Morgan fingerprint density at radius 1 is 0.797 bits per heavy atom. The van der Waals surface area contributed by atoms with E-state index in [4.69, 9.17) is 28.7 Å². The first-order valence-corrected chi connectivity index (χ1v) is 20.7. The van der Waals surface area contributed by atoms with Gasteiger partial charge in [0.15, 0.2) is 28.8 Å². The maximum absolute atomic E-state index is 14.4. The molecule has 12 heteroatoms. The average molecular weight is 807 g/mol. The molecule has 1 amide bonds. The molecule has 0 radical (unpaired) electrons. The Kier molecular flexibility index (Phi) is 13.0. The zero-order valence-electron chi connectivity index (χ0n) is 34.8. The number of ketones is 1. The first-order chi connectivity index (χ1) is 28.7. The lowest BCUT2D eigenvalue weighted by Crippen LogP contribution is -2.41. The number of methoxy groups -OCH3 is 2. The summed E-state index contributed by atoms with van der Waals surface area (Å²) in [5.74, 6) is 2.72. The summed E-state index contributed by atoms with van der Waals surface area (Å²) in [6, 6.07) is 23.8. The molecule has 3 heterocycles. The molecule has 2 saturated heterocycles. The van der Waals surface area contributed by atoms with Crippen LogP contribution in [-0.4, -0.2) is 97.8 Å². The van der Waals surface area contributed by atoms with Gasteiger partial charge >= 0.3 is 0 Å². The molecule has 7 rings (SSSR count). The second-order valence-corrected chi connectivity index (χ2v) is 15.3. The third-order valence-corrected chi connectivity index (χ3v) is 11.8. The van der Waals surface area contributed by atoms with Gasteiger partial charge in [0, 0.05) is 36.5 Å². The van der Waals surface area contributed by atoms with Crippen LogP contribution in [0.3, 0.4) is 0 Å². The highest BCUT2D eigenvalue weighted by molar-refractivity contribution is 5.98. The van der Waals surface area contributed by atoms with E-state index in [-0.39, 0.29) is 28.8 Å². The number of para-hydroxylation sites is 2. The van der Waals surface area contributed by atoms with E-state index in [1.54, 1.807) is 38.5 Å². The maximum Gasteiger partial charge on any atom is 0.254 e. The van der Waals surface area contributed by atoms with Crippen LogP contribution >= 0.6 is 0 Å². The number of hydrogen-bond donors (Lipinski definition) is 0. The Hall–Kier alpha value is -5.62. The van der Waals surface area contributed by atoms with Crippen molar-refractivity contribution in [1.29, 1.82) is 0 Å². The van der Waals surface area contributed by atoms with E-state index in [0.717, 1.165) is 54.6 Å². The molecule has 1 unspecified atom stereocenters. The highest BCUT2D eigenvalue weighted by atomic mass is 19.1. The average Bonchev–Trinajstić information content (AvgIpc) is 3.87. The van der Waals surface area contributed by atoms with Gasteiger partial charge in [-0.2, -0.15) is 0 Å². The SMILES string of the molecule is CCOc1cc(C(=O)N2CCC(CCN3CCC(C(=O)c4nc5ccccc5n4Cc4ccc(F)cc4)CC3)(c3ccc(OC)c(OC)c3)C2)cc(OCC)c1OCC. The van der Waals surface area contributed by atoms with Gasteiger partial charge in [-0.3, -0.25) is 9.59 Å². The Labute approximate surface area is 346 Å². The van der Waals surface area contributed by atoms with Crippen molar-refractivity contribution >= 4 is 22.7 Å². The fourth-order valence-electron chi connectivity index (χ4n) is 8.66. The van der Waals surface area contributed by atoms with Gasteiger partial charge in [0.1, 0.15) is 5.82 Å². The van der Waals surface area contributed by atoms with Crippen LogP contribution in [0.1, 0.15) is 78.6 Å². The molecule has 0 N–H and O–H groups in total. The van der Waals surface area contributed by atoms with Crippen LogP contribution in [0.5, 0.6) is 28.7 Å². The van der Waals surface area contributed by atoms with Gasteiger partial charge in [0.05, 0.1) is 45.1 Å². The fourth-order valence-corrected chi connectivity index (χ4v) is 8.66. The highest BCUT2D eigenvalue weighted by Gasteiger charge is 2.43. The van der Waals surface area contributed by atoms with Gasteiger partial charge in [-0.1, -0.05) is 30.3 Å². The summed E-state index contributed by atoms with van der Waals surface area (Å²) in [7, 11) is 3.27. The standard InChI is InChI=1S/C47H55FN4O7/c1-6-57-41-27-34(28-42(58-7-2)44(41)59-8-3)46(54)51-26-22-47(31-51,35-15-18-39(55-4)40(29-35)56-5)21-25-50-23-19-33(20-24-50)43(53)45-49-37-11-9-10-12-38(37)52(45)30-32-13-16-36(48)17-14-32/h9-18,27-29,33H,6-8,19-26,30-31H2,1-5H3. The number of fused-ring (bicyclic) bond motifs is 1. The first-order valence-electron chi connectivity index (χ1n) is 20.7. The van der Waals surface area contributed by atoms with Gasteiger partial charge in [-0.25, -0.2) is 9.37 Å². The minimum absolute atomic E-state index is 0.0454. The van der Waals surface area contributed by atoms with Crippen molar-refractivity contribution in [1.82, 2.24) is 19.4 Å². The summed E-state index contributed by atoms with van der Waals surface area (Å²) in [5, 5.41) is 0. The van der Waals surface area contributed by atoms with Crippen LogP contribution in [0.25, 0.3) is 11.0 Å². The molecule has 2 aliphatic rings. The van der Waals surface area contributed by atoms with Gasteiger partial charge in [-0.15, -0.1) is 0 Å². The first kappa shape index (κ1) is 41.5. The van der Waals surface area contributed by atoms with Gasteiger partial charge in [0.2, 0.25) is 11.5 Å². The molecule has 1 aromatic heterocycles. The maximum atomic E-state index is 14.4. The number of benzene rings is 4. The summed E-state index contributed by atoms with van der Waals surface area (Å²) < 4.78 is 44.8. The number of carbonyl (C=O) groups is 2. The number of carbonyl (C=O) groups excluding carboxylic acids is 2. The molecule has 4 aromatic carbocycles.